The van der Waals surface area contributed by atoms with Gasteiger partial charge in [0.1, 0.15) is 9.67 Å². The van der Waals surface area contributed by atoms with Crippen molar-refractivity contribution >= 4 is 57.2 Å². The highest BCUT2D eigenvalue weighted by atomic mass is 35.5. The maximum atomic E-state index is 5.88. The van der Waals surface area contributed by atoms with Crippen LogP contribution in [-0.2, 0) is 0 Å². The van der Waals surface area contributed by atoms with Crippen LogP contribution in [0.4, 0.5) is 0 Å². The van der Waals surface area contributed by atoms with Crippen molar-refractivity contribution < 1.29 is 0 Å². The summed E-state index contributed by atoms with van der Waals surface area (Å²) < 4.78 is 0. The monoisotopic (exact) mass is 293 g/mol. The number of benzene rings is 1. The molecule has 0 unspecified atom stereocenters. The molecule has 0 fully saturated rings. The lowest BCUT2D eigenvalue weighted by Crippen LogP contribution is -1.96. The first-order valence-electron chi connectivity index (χ1n) is 4.55. The summed E-state index contributed by atoms with van der Waals surface area (Å²) in [6.07, 6.45) is 0. The van der Waals surface area contributed by atoms with E-state index in [4.69, 9.17) is 46.4 Å². The highest BCUT2D eigenvalue weighted by molar-refractivity contribution is 6.45. The molecule has 1 aromatic carbocycles. The van der Waals surface area contributed by atoms with Gasteiger partial charge >= 0.3 is 0 Å². The average Bonchev–Trinajstić information content (AvgIpc) is 2.27. The molecule has 5 heteroatoms. The quantitative estimate of drug-likeness (QED) is 0.695. The molecule has 84 valence electrons. The zero-order chi connectivity index (χ0) is 11.7. The van der Waals surface area contributed by atoms with Gasteiger partial charge in [0.05, 0.1) is 11.4 Å². The van der Waals surface area contributed by atoms with E-state index in [-0.39, 0.29) is 0 Å². The van der Waals surface area contributed by atoms with Gasteiger partial charge in [-0.1, -0.05) is 70.7 Å². The maximum absolute atomic E-state index is 5.88. The highest BCUT2D eigenvalue weighted by Gasteiger charge is 2.14. The molecule has 0 aliphatic carbocycles. The standard InChI is InChI=1S/C11H7Cl4N/c12-10(13)8-5-6-3-1-2-4-7(6)9(16-8)11(14)15/h1-5,10-11H. The number of nitrogens with zero attached hydrogens (tertiary/aromatic N) is 1. The number of rotatable bonds is 2. The van der Waals surface area contributed by atoms with Gasteiger partial charge in [0.2, 0.25) is 0 Å². The van der Waals surface area contributed by atoms with E-state index in [2.05, 4.69) is 4.98 Å². The Balaban J connectivity index is 2.74. The van der Waals surface area contributed by atoms with Crippen LogP contribution in [0, 0.1) is 0 Å². The lowest BCUT2D eigenvalue weighted by atomic mass is 10.1. The fraction of sp³-hybridized carbons (Fsp3) is 0.182. The predicted molar refractivity (Wildman–Crippen MR) is 70.6 cm³/mol. The molecule has 2 aromatic rings. The van der Waals surface area contributed by atoms with Crippen molar-refractivity contribution in [3.05, 3.63) is 41.7 Å². The summed E-state index contributed by atoms with van der Waals surface area (Å²) in [5.41, 5.74) is 1.14. The summed E-state index contributed by atoms with van der Waals surface area (Å²) in [5, 5.41) is 1.88. The molecular formula is C11H7Cl4N. The van der Waals surface area contributed by atoms with Crippen LogP contribution in [0.5, 0.6) is 0 Å². The fourth-order valence-electron chi connectivity index (χ4n) is 1.53. The van der Waals surface area contributed by atoms with Gasteiger partial charge in [-0.3, -0.25) is 4.98 Å². The first-order chi connectivity index (χ1) is 7.59. The van der Waals surface area contributed by atoms with Crippen molar-refractivity contribution in [3.63, 3.8) is 0 Å². The van der Waals surface area contributed by atoms with E-state index < -0.39 is 9.67 Å². The van der Waals surface area contributed by atoms with Gasteiger partial charge in [-0.05, 0) is 11.5 Å². The third-order valence-corrected chi connectivity index (χ3v) is 3.08. The molecule has 0 aliphatic heterocycles. The number of halogens is 4. The Bertz CT molecular complexity index is 510. The molecule has 0 N–H and O–H groups in total. The molecule has 0 atom stereocenters. The van der Waals surface area contributed by atoms with Crippen LogP contribution in [0.15, 0.2) is 30.3 Å². The normalized spacial score (nSPS) is 11.6. The predicted octanol–water partition coefficient (Wildman–Crippen LogP) is 5.19. The number of hydrogen-bond donors (Lipinski definition) is 0. The molecule has 0 aliphatic rings. The lowest BCUT2D eigenvalue weighted by molar-refractivity contribution is 1.08. The topological polar surface area (TPSA) is 12.9 Å². The molecule has 1 aromatic heterocycles. The smallest absolute Gasteiger partial charge is 0.150 e. The van der Waals surface area contributed by atoms with Gasteiger partial charge in [0.25, 0.3) is 0 Å². The molecule has 16 heavy (non-hydrogen) atoms. The average molecular weight is 295 g/mol. The molecule has 0 saturated carbocycles. The van der Waals surface area contributed by atoms with Crippen molar-refractivity contribution in [3.8, 4) is 0 Å². The van der Waals surface area contributed by atoms with Gasteiger partial charge in [-0.25, -0.2) is 0 Å². The Kier molecular flexibility index (Phi) is 3.81. The minimum absolute atomic E-state index is 0.559. The van der Waals surface area contributed by atoms with E-state index in [9.17, 15) is 0 Å². The summed E-state index contributed by atoms with van der Waals surface area (Å²) >= 11 is 23.3. The zero-order valence-corrected chi connectivity index (χ0v) is 11.0. The Morgan fingerprint density at radius 3 is 2.25 bits per heavy atom. The largest absolute Gasteiger partial charge is 0.251 e. The van der Waals surface area contributed by atoms with Crippen molar-refractivity contribution in [2.75, 3.05) is 0 Å². The van der Waals surface area contributed by atoms with Crippen molar-refractivity contribution in [2.24, 2.45) is 0 Å². The number of aromatic nitrogens is 1. The summed E-state index contributed by atoms with van der Waals surface area (Å²) in [6, 6.07) is 9.51. The third kappa shape index (κ3) is 2.38. The van der Waals surface area contributed by atoms with Crippen molar-refractivity contribution in [1.29, 1.82) is 0 Å². The van der Waals surface area contributed by atoms with E-state index in [0.717, 1.165) is 10.8 Å². The van der Waals surface area contributed by atoms with Crippen molar-refractivity contribution in [1.82, 2.24) is 4.98 Å². The van der Waals surface area contributed by atoms with E-state index in [1.54, 1.807) is 0 Å². The SMILES string of the molecule is ClC(Cl)c1cc2ccccc2c(C(Cl)Cl)n1. The van der Waals surface area contributed by atoms with Crippen molar-refractivity contribution in [2.45, 2.75) is 9.67 Å². The van der Waals surface area contributed by atoms with E-state index >= 15 is 0 Å². The molecule has 2 rings (SSSR count). The van der Waals surface area contributed by atoms with Crippen LogP contribution in [0.3, 0.4) is 0 Å². The minimum atomic E-state index is -0.697. The second-order valence-corrected chi connectivity index (χ2v) is 5.45. The van der Waals surface area contributed by atoms with Crippen LogP contribution in [0.25, 0.3) is 10.8 Å². The first kappa shape index (κ1) is 12.3. The van der Waals surface area contributed by atoms with Gasteiger partial charge < -0.3 is 0 Å². The number of alkyl halides is 4. The lowest BCUT2D eigenvalue weighted by Gasteiger charge is -2.10. The molecule has 1 nitrogen and oxygen atoms in total. The fourth-order valence-corrected chi connectivity index (χ4v) is 2.08. The van der Waals surface area contributed by atoms with E-state index in [1.165, 1.54) is 0 Å². The zero-order valence-electron chi connectivity index (χ0n) is 8.00. The summed E-state index contributed by atoms with van der Waals surface area (Å²) in [4.78, 5) is 2.89. The van der Waals surface area contributed by atoms with Gasteiger partial charge in [0, 0.05) is 5.39 Å². The molecule has 0 saturated heterocycles. The molecule has 0 amide bonds. The van der Waals surface area contributed by atoms with E-state index in [1.807, 2.05) is 30.3 Å². The summed E-state index contributed by atoms with van der Waals surface area (Å²) in [7, 11) is 0. The molecule has 0 spiro atoms. The van der Waals surface area contributed by atoms with Crippen LogP contribution in [0.1, 0.15) is 21.1 Å². The van der Waals surface area contributed by atoms with Crippen LogP contribution in [0.2, 0.25) is 0 Å². The summed E-state index contributed by atoms with van der Waals surface area (Å²) in [5.74, 6) is 0. The molecule has 0 radical (unpaired) electrons. The van der Waals surface area contributed by atoms with Gasteiger partial charge in [0.15, 0.2) is 0 Å². The Labute approximate surface area is 113 Å². The van der Waals surface area contributed by atoms with Crippen LogP contribution >= 0.6 is 46.4 Å². The third-order valence-electron chi connectivity index (χ3n) is 2.22. The molecular weight excluding hydrogens is 288 g/mol. The molecule has 1 heterocycles. The van der Waals surface area contributed by atoms with Crippen LogP contribution in [-0.4, -0.2) is 4.98 Å². The maximum Gasteiger partial charge on any atom is 0.150 e. The first-order valence-corrected chi connectivity index (χ1v) is 6.30. The number of hydrogen-bond acceptors (Lipinski definition) is 1. The van der Waals surface area contributed by atoms with Gasteiger partial charge in [-0.15, -0.1) is 0 Å². The van der Waals surface area contributed by atoms with Gasteiger partial charge in [-0.2, -0.15) is 0 Å². The van der Waals surface area contributed by atoms with Crippen LogP contribution < -0.4 is 0 Å². The Morgan fingerprint density at radius 2 is 1.62 bits per heavy atom. The Hall–Kier alpha value is -0.210. The Morgan fingerprint density at radius 1 is 0.938 bits per heavy atom. The molecule has 0 bridgehead atoms. The number of fused-ring (bicyclic) bond motifs is 1. The number of pyridine rings is 1. The second kappa shape index (κ2) is 4.97. The van der Waals surface area contributed by atoms with E-state index in [0.29, 0.717) is 11.4 Å². The highest BCUT2D eigenvalue weighted by Crippen LogP contribution is 2.33. The second-order valence-electron chi connectivity index (χ2n) is 3.25. The minimum Gasteiger partial charge on any atom is -0.251 e. The summed E-state index contributed by atoms with van der Waals surface area (Å²) in [6.45, 7) is 0.